The van der Waals surface area contributed by atoms with E-state index in [1.54, 1.807) is 24.4 Å². The van der Waals surface area contributed by atoms with E-state index < -0.39 is 0 Å². The van der Waals surface area contributed by atoms with E-state index in [0.717, 1.165) is 16.6 Å². The monoisotopic (exact) mass is 389 g/mol. The number of aryl methyl sites for hydroxylation is 1. The maximum Gasteiger partial charge on any atom is 0.274 e. The molecule has 2 aromatic heterocycles. The van der Waals surface area contributed by atoms with Gasteiger partial charge in [-0.1, -0.05) is 29.8 Å². The van der Waals surface area contributed by atoms with E-state index in [2.05, 4.69) is 25.6 Å². The molecule has 2 N–H and O–H groups in total. The van der Waals surface area contributed by atoms with E-state index in [4.69, 9.17) is 11.6 Å². The third-order valence-electron chi connectivity index (χ3n) is 4.07. The Morgan fingerprint density at radius 3 is 2.61 bits per heavy atom. The molecule has 1 amide bonds. The van der Waals surface area contributed by atoms with Crippen LogP contribution >= 0.6 is 11.6 Å². The molecule has 0 fully saturated rings. The summed E-state index contributed by atoms with van der Waals surface area (Å²) >= 11 is 5.91. The number of amides is 1. The van der Waals surface area contributed by atoms with Gasteiger partial charge >= 0.3 is 0 Å². The average molecular weight is 390 g/mol. The van der Waals surface area contributed by atoms with E-state index in [9.17, 15) is 4.79 Å². The van der Waals surface area contributed by atoms with Gasteiger partial charge in [0, 0.05) is 28.0 Å². The van der Waals surface area contributed by atoms with Crippen LogP contribution in [0.4, 0.5) is 17.3 Å². The van der Waals surface area contributed by atoms with Gasteiger partial charge in [-0.05, 0) is 49.4 Å². The largest absolute Gasteiger partial charge is 0.324 e. The van der Waals surface area contributed by atoms with Crippen molar-refractivity contribution in [1.29, 1.82) is 0 Å². The van der Waals surface area contributed by atoms with Crippen LogP contribution in [-0.4, -0.2) is 20.9 Å². The molecule has 0 unspecified atom stereocenters. The number of para-hydroxylation sites is 1. The van der Waals surface area contributed by atoms with E-state index in [0.29, 0.717) is 22.4 Å². The Bertz CT molecular complexity index is 1160. The number of carbonyl (C=O) groups is 1. The molecule has 0 spiro atoms. The van der Waals surface area contributed by atoms with Crippen LogP contribution in [0.5, 0.6) is 0 Å². The summed E-state index contributed by atoms with van der Waals surface area (Å²) in [6.45, 7) is 1.81. The summed E-state index contributed by atoms with van der Waals surface area (Å²) in [5, 5.41) is 7.56. The molecule has 0 aliphatic rings. The van der Waals surface area contributed by atoms with Gasteiger partial charge in [-0.2, -0.15) is 0 Å². The molecule has 0 aliphatic heterocycles. The number of rotatable bonds is 4. The number of pyridine rings is 1. The lowest BCUT2D eigenvalue weighted by Gasteiger charge is -2.10. The molecule has 0 radical (unpaired) electrons. The number of carbonyl (C=O) groups excluding carboxylic acids is 1. The predicted molar refractivity (Wildman–Crippen MR) is 111 cm³/mol. The van der Waals surface area contributed by atoms with Gasteiger partial charge in [0.25, 0.3) is 5.91 Å². The molecular formula is C21H16ClN5O. The van der Waals surface area contributed by atoms with Gasteiger partial charge in [-0.3, -0.25) is 9.78 Å². The van der Waals surface area contributed by atoms with Crippen LogP contribution in [0.2, 0.25) is 5.02 Å². The summed E-state index contributed by atoms with van der Waals surface area (Å²) < 4.78 is 0. The number of fused-ring (bicyclic) bond motifs is 1. The lowest BCUT2D eigenvalue weighted by atomic mass is 10.2. The van der Waals surface area contributed by atoms with Gasteiger partial charge in [-0.25, -0.2) is 9.97 Å². The fourth-order valence-corrected chi connectivity index (χ4v) is 2.92. The number of nitrogens with one attached hydrogen (secondary N) is 2. The smallest absolute Gasteiger partial charge is 0.274 e. The number of hydrogen-bond donors (Lipinski definition) is 2. The van der Waals surface area contributed by atoms with Crippen LogP contribution in [0, 0.1) is 6.92 Å². The molecule has 138 valence electrons. The molecule has 0 bridgehead atoms. The Labute approximate surface area is 166 Å². The first kappa shape index (κ1) is 17.9. The third-order valence-corrected chi connectivity index (χ3v) is 4.32. The highest BCUT2D eigenvalue weighted by molar-refractivity contribution is 6.30. The SMILES string of the molecule is Cc1cc(C(=O)Nc2cccc3cccnc23)nc(Nc2ccc(Cl)cc2)n1. The first-order valence-corrected chi connectivity index (χ1v) is 9.00. The summed E-state index contributed by atoms with van der Waals surface area (Å²) in [5.74, 6) is 0.00586. The van der Waals surface area contributed by atoms with E-state index >= 15 is 0 Å². The second kappa shape index (κ2) is 7.62. The second-order valence-electron chi connectivity index (χ2n) is 6.18. The van der Waals surface area contributed by atoms with E-state index in [1.165, 1.54) is 0 Å². The van der Waals surface area contributed by atoms with Gasteiger partial charge in [0.15, 0.2) is 0 Å². The van der Waals surface area contributed by atoms with Crippen molar-refractivity contribution in [2.45, 2.75) is 6.92 Å². The van der Waals surface area contributed by atoms with Crippen molar-refractivity contribution in [1.82, 2.24) is 15.0 Å². The summed E-state index contributed by atoms with van der Waals surface area (Å²) in [5.41, 5.74) is 3.07. The molecular weight excluding hydrogens is 374 g/mol. The van der Waals surface area contributed by atoms with Crippen molar-refractivity contribution in [3.8, 4) is 0 Å². The Hall–Kier alpha value is -3.51. The Kier molecular flexibility index (Phi) is 4.87. The molecule has 0 saturated carbocycles. The minimum atomic E-state index is -0.331. The summed E-state index contributed by atoms with van der Waals surface area (Å²) in [6, 6.07) is 18.2. The van der Waals surface area contributed by atoms with Gasteiger partial charge < -0.3 is 10.6 Å². The Morgan fingerprint density at radius 2 is 1.79 bits per heavy atom. The first-order valence-electron chi connectivity index (χ1n) is 8.62. The quantitative estimate of drug-likeness (QED) is 0.514. The molecule has 0 atom stereocenters. The highest BCUT2D eigenvalue weighted by Gasteiger charge is 2.13. The molecule has 2 heterocycles. The van der Waals surface area contributed by atoms with Crippen LogP contribution in [0.3, 0.4) is 0 Å². The topological polar surface area (TPSA) is 79.8 Å². The molecule has 4 rings (SSSR count). The lowest BCUT2D eigenvalue weighted by molar-refractivity contribution is 0.102. The van der Waals surface area contributed by atoms with Crippen molar-refractivity contribution >= 4 is 45.7 Å². The molecule has 6 nitrogen and oxygen atoms in total. The van der Waals surface area contributed by atoms with Crippen LogP contribution in [0.15, 0.2) is 66.9 Å². The zero-order valence-electron chi connectivity index (χ0n) is 15.0. The highest BCUT2D eigenvalue weighted by Crippen LogP contribution is 2.22. The maximum absolute atomic E-state index is 12.8. The van der Waals surface area contributed by atoms with E-state index in [-0.39, 0.29) is 11.6 Å². The zero-order chi connectivity index (χ0) is 19.5. The maximum atomic E-state index is 12.8. The van der Waals surface area contributed by atoms with Gasteiger partial charge in [0.05, 0.1) is 11.2 Å². The van der Waals surface area contributed by atoms with Gasteiger partial charge in [0.1, 0.15) is 5.69 Å². The van der Waals surface area contributed by atoms with Crippen LogP contribution in [0.1, 0.15) is 16.2 Å². The normalized spacial score (nSPS) is 10.6. The van der Waals surface area contributed by atoms with Gasteiger partial charge in [-0.15, -0.1) is 0 Å². The molecule has 4 aromatic rings. The number of nitrogens with zero attached hydrogens (tertiary/aromatic N) is 3. The van der Waals surface area contributed by atoms with Crippen LogP contribution in [0.25, 0.3) is 10.9 Å². The lowest BCUT2D eigenvalue weighted by Crippen LogP contribution is -2.16. The summed E-state index contributed by atoms with van der Waals surface area (Å²) in [6.07, 6.45) is 1.70. The number of anilines is 3. The number of hydrogen-bond acceptors (Lipinski definition) is 5. The second-order valence-corrected chi connectivity index (χ2v) is 6.62. The van der Waals surface area contributed by atoms with E-state index in [1.807, 2.05) is 49.4 Å². The van der Waals surface area contributed by atoms with Gasteiger partial charge in [0.2, 0.25) is 5.95 Å². The molecule has 0 aliphatic carbocycles. The van der Waals surface area contributed by atoms with Crippen molar-refractivity contribution in [2.75, 3.05) is 10.6 Å². The molecule has 0 saturated heterocycles. The van der Waals surface area contributed by atoms with Crippen LogP contribution < -0.4 is 10.6 Å². The summed E-state index contributed by atoms with van der Waals surface area (Å²) in [7, 11) is 0. The number of halogens is 1. The predicted octanol–water partition coefficient (Wildman–Crippen LogP) is 4.98. The summed E-state index contributed by atoms with van der Waals surface area (Å²) in [4.78, 5) is 25.8. The average Bonchev–Trinajstić information content (AvgIpc) is 2.69. The highest BCUT2D eigenvalue weighted by atomic mass is 35.5. The minimum Gasteiger partial charge on any atom is -0.324 e. The minimum absolute atomic E-state index is 0.261. The number of benzene rings is 2. The Morgan fingerprint density at radius 1 is 1.00 bits per heavy atom. The van der Waals surface area contributed by atoms with Crippen molar-refractivity contribution in [3.05, 3.63) is 83.3 Å². The molecule has 2 aromatic carbocycles. The standard InChI is InChI=1S/C21H16ClN5O/c1-13-12-18(27-21(24-13)25-16-9-7-15(22)8-10-16)20(28)26-17-6-2-4-14-5-3-11-23-19(14)17/h2-12H,1H3,(H,26,28)(H,24,25,27). The van der Waals surface area contributed by atoms with Crippen molar-refractivity contribution in [3.63, 3.8) is 0 Å². The van der Waals surface area contributed by atoms with Crippen molar-refractivity contribution in [2.24, 2.45) is 0 Å². The third kappa shape index (κ3) is 3.92. The van der Waals surface area contributed by atoms with Crippen molar-refractivity contribution < 1.29 is 4.79 Å². The first-order chi connectivity index (χ1) is 13.6. The fraction of sp³-hybridized carbons (Fsp3) is 0.0476. The molecule has 7 heteroatoms. The Balaban J connectivity index is 1.60. The number of aromatic nitrogens is 3. The fourth-order valence-electron chi connectivity index (χ4n) is 2.79. The zero-order valence-corrected chi connectivity index (χ0v) is 15.7. The van der Waals surface area contributed by atoms with Crippen LogP contribution in [-0.2, 0) is 0 Å². The molecule has 28 heavy (non-hydrogen) atoms.